The number of furan rings is 1. The van der Waals surface area contributed by atoms with E-state index in [1.807, 2.05) is 12.1 Å². The van der Waals surface area contributed by atoms with E-state index in [4.69, 9.17) is 4.42 Å². The molecular weight excluding hydrogens is 476 g/mol. The van der Waals surface area contributed by atoms with Crippen LogP contribution in [-0.2, 0) is 0 Å². The zero-order chi connectivity index (χ0) is 25.5. The molecule has 0 radical (unpaired) electrons. The molecule has 0 bridgehead atoms. The largest absolute Gasteiger partial charge is 0.456 e. The molecule has 0 spiro atoms. The predicted octanol–water partition coefficient (Wildman–Crippen LogP) is 9.80. The molecule has 9 rings (SSSR count). The summed E-state index contributed by atoms with van der Waals surface area (Å²) in [6.07, 6.45) is 0. The van der Waals surface area contributed by atoms with Gasteiger partial charge in [-0.2, -0.15) is 0 Å². The molecule has 39 heavy (non-hydrogen) atoms. The first kappa shape index (κ1) is 20.7. The molecule has 0 aliphatic heterocycles. The van der Waals surface area contributed by atoms with Crippen LogP contribution in [0.2, 0.25) is 0 Å². The summed E-state index contributed by atoms with van der Waals surface area (Å²) >= 11 is 0. The van der Waals surface area contributed by atoms with Crippen molar-refractivity contribution in [2.75, 3.05) is 0 Å². The molecule has 182 valence electrons. The molecule has 0 aliphatic carbocycles. The van der Waals surface area contributed by atoms with Crippen LogP contribution in [0.1, 0.15) is 0 Å². The van der Waals surface area contributed by atoms with Crippen LogP contribution >= 0.6 is 0 Å². The molecule has 0 N–H and O–H groups in total. The first-order valence-electron chi connectivity index (χ1n) is 13.3. The van der Waals surface area contributed by atoms with Gasteiger partial charge in [0.15, 0.2) is 0 Å². The average Bonchev–Trinajstić information content (AvgIpc) is 3.53. The van der Waals surface area contributed by atoms with E-state index >= 15 is 0 Å². The predicted molar refractivity (Wildman–Crippen MR) is 163 cm³/mol. The topological polar surface area (TPSA) is 22.5 Å². The Bertz CT molecular complexity index is 2450. The SMILES string of the molecule is c1ccc2c(c1)oc1ccc(-n3c4ccccc4c4cccc5c6ccccc6n(c6ccccc63)c45)cc12. The fourth-order valence-electron chi connectivity index (χ4n) is 6.49. The molecule has 0 aliphatic rings. The van der Waals surface area contributed by atoms with Gasteiger partial charge in [-0.15, -0.1) is 0 Å². The van der Waals surface area contributed by atoms with Gasteiger partial charge in [0.1, 0.15) is 11.2 Å². The van der Waals surface area contributed by atoms with Gasteiger partial charge in [0.2, 0.25) is 0 Å². The highest BCUT2D eigenvalue weighted by Crippen LogP contribution is 2.38. The number of para-hydroxylation sites is 6. The highest BCUT2D eigenvalue weighted by Gasteiger charge is 2.16. The van der Waals surface area contributed by atoms with Gasteiger partial charge in [-0.3, -0.25) is 0 Å². The lowest BCUT2D eigenvalue weighted by Gasteiger charge is -2.16. The van der Waals surface area contributed by atoms with E-state index in [0.717, 1.165) is 44.2 Å². The molecule has 0 atom stereocenters. The van der Waals surface area contributed by atoms with Crippen molar-refractivity contribution >= 4 is 71.1 Å². The standard InChI is InChI=1S/C36H22N2O/c1-4-15-30-24(10-1)27-13-9-14-28-25-11-2-5-16-31(25)38(36(27)28)33-18-7-6-17-32(33)37(30)23-20-21-35-29(22-23)26-12-3-8-19-34(26)39-35/h1-22H. The Balaban J connectivity index is 1.59. The normalized spacial score (nSPS) is 12.1. The van der Waals surface area contributed by atoms with Gasteiger partial charge in [0.25, 0.3) is 0 Å². The Morgan fingerprint density at radius 3 is 1.74 bits per heavy atom. The summed E-state index contributed by atoms with van der Waals surface area (Å²) in [6, 6.07) is 47.8. The first-order chi connectivity index (χ1) is 19.4. The molecule has 0 saturated heterocycles. The summed E-state index contributed by atoms with van der Waals surface area (Å²) in [7, 11) is 0. The number of hydrogen-bond donors (Lipinski definition) is 0. The van der Waals surface area contributed by atoms with Gasteiger partial charge in [-0.25, -0.2) is 0 Å². The summed E-state index contributed by atoms with van der Waals surface area (Å²) in [5.41, 5.74) is 8.81. The van der Waals surface area contributed by atoms with Crippen molar-refractivity contribution in [1.82, 2.24) is 8.97 Å². The summed E-state index contributed by atoms with van der Waals surface area (Å²) in [5, 5.41) is 7.22. The van der Waals surface area contributed by atoms with Crippen LogP contribution in [0.3, 0.4) is 0 Å². The molecular formula is C36H22N2O. The highest BCUT2D eigenvalue weighted by atomic mass is 16.3. The zero-order valence-electron chi connectivity index (χ0n) is 21.0. The number of fused-ring (bicyclic) bond motifs is 10. The number of nitrogens with zero attached hydrogens (tertiary/aromatic N) is 2. The van der Waals surface area contributed by atoms with Crippen LogP contribution in [0.15, 0.2) is 138 Å². The Morgan fingerprint density at radius 2 is 0.949 bits per heavy atom. The van der Waals surface area contributed by atoms with Crippen molar-refractivity contribution in [1.29, 1.82) is 0 Å². The molecule has 0 saturated carbocycles. The van der Waals surface area contributed by atoms with Gasteiger partial charge in [-0.05, 0) is 48.5 Å². The summed E-state index contributed by atoms with van der Waals surface area (Å²) in [5.74, 6) is 0. The second-order valence-corrected chi connectivity index (χ2v) is 10.2. The van der Waals surface area contributed by atoms with Gasteiger partial charge < -0.3 is 13.4 Å². The maximum atomic E-state index is 6.18. The summed E-state index contributed by atoms with van der Waals surface area (Å²) in [4.78, 5) is 0. The highest BCUT2D eigenvalue weighted by molar-refractivity contribution is 6.20. The van der Waals surface area contributed by atoms with Crippen LogP contribution in [0.25, 0.3) is 76.8 Å². The van der Waals surface area contributed by atoms with Crippen LogP contribution in [0.5, 0.6) is 0 Å². The fourth-order valence-corrected chi connectivity index (χ4v) is 6.49. The number of hydrogen-bond acceptors (Lipinski definition) is 1. The lowest BCUT2D eigenvalue weighted by atomic mass is 10.1. The Morgan fingerprint density at radius 1 is 0.385 bits per heavy atom. The van der Waals surface area contributed by atoms with Crippen molar-refractivity contribution in [2.24, 2.45) is 0 Å². The van der Waals surface area contributed by atoms with Crippen LogP contribution in [0.4, 0.5) is 0 Å². The van der Waals surface area contributed by atoms with Gasteiger partial charge in [0.05, 0.1) is 27.6 Å². The van der Waals surface area contributed by atoms with Crippen molar-refractivity contribution in [3.05, 3.63) is 133 Å². The Kier molecular flexibility index (Phi) is 4.05. The molecule has 3 heteroatoms. The third-order valence-electron chi connectivity index (χ3n) is 8.11. The maximum Gasteiger partial charge on any atom is 0.135 e. The van der Waals surface area contributed by atoms with Crippen molar-refractivity contribution in [2.45, 2.75) is 0 Å². The summed E-state index contributed by atoms with van der Waals surface area (Å²) < 4.78 is 11.0. The third kappa shape index (κ3) is 2.76. The lowest BCUT2D eigenvalue weighted by Crippen LogP contribution is -2.01. The smallest absolute Gasteiger partial charge is 0.135 e. The van der Waals surface area contributed by atoms with E-state index in [9.17, 15) is 0 Å². The first-order valence-corrected chi connectivity index (χ1v) is 13.3. The lowest BCUT2D eigenvalue weighted by molar-refractivity contribution is 0.669. The number of rotatable bonds is 1. The Hall–Kier alpha value is -5.28. The monoisotopic (exact) mass is 498 g/mol. The van der Waals surface area contributed by atoms with Gasteiger partial charge in [-0.1, -0.05) is 84.9 Å². The van der Waals surface area contributed by atoms with E-state index in [1.165, 1.54) is 32.6 Å². The zero-order valence-corrected chi connectivity index (χ0v) is 21.0. The quantitative estimate of drug-likeness (QED) is 0.221. The molecule has 0 fully saturated rings. The van der Waals surface area contributed by atoms with Crippen molar-refractivity contribution in [3.63, 3.8) is 0 Å². The van der Waals surface area contributed by atoms with E-state index < -0.39 is 0 Å². The number of benzene rings is 6. The second kappa shape index (κ2) is 7.62. The Labute approximate surface area is 223 Å². The molecule has 3 nitrogen and oxygen atoms in total. The van der Waals surface area contributed by atoms with Gasteiger partial charge in [0, 0.05) is 38.0 Å². The maximum absolute atomic E-state index is 6.18. The molecule has 3 heterocycles. The molecule has 0 amide bonds. The van der Waals surface area contributed by atoms with E-state index in [0.29, 0.717) is 0 Å². The minimum atomic E-state index is 0.900. The summed E-state index contributed by atoms with van der Waals surface area (Å²) in [6.45, 7) is 0. The van der Waals surface area contributed by atoms with E-state index in [1.54, 1.807) is 0 Å². The van der Waals surface area contributed by atoms with Crippen LogP contribution in [-0.4, -0.2) is 8.97 Å². The van der Waals surface area contributed by atoms with Gasteiger partial charge >= 0.3 is 0 Å². The van der Waals surface area contributed by atoms with Crippen LogP contribution < -0.4 is 0 Å². The average molecular weight is 499 g/mol. The fraction of sp³-hybridized carbons (Fsp3) is 0. The van der Waals surface area contributed by atoms with Crippen molar-refractivity contribution < 1.29 is 4.42 Å². The molecule has 0 unspecified atom stereocenters. The van der Waals surface area contributed by atoms with Crippen molar-refractivity contribution in [3.8, 4) is 5.69 Å². The molecule has 6 aromatic carbocycles. The van der Waals surface area contributed by atoms with E-state index in [-0.39, 0.29) is 0 Å². The molecule has 9 aromatic rings. The molecule has 3 aromatic heterocycles. The minimum Gasteiger partial charge on any atom is -0.456 e. The number of aromatic nitrogens is 2. The van der Waals surface area contributed by atoms with E-state index in [2.05, 4.69) is 130 Å². The van der Waals surface area contributed by atoms with Crippen LogP contribution in [0, 0.1) is 0 Å². The minimum absolute atomic E-state index is 0.900. The second-order valence-electron chi connectivity index (χ2n) is 10.2. The third-order valence-corrected chi connectivity index (χ3v) is 8.11.